The number of amides is 3. The number of hydroxylamine groups is 1. The number of quaternary nitrogens is 1. The summed E-state index contributed by atoms with van der Waals surface area (Å²) in [7, 11) is 1.45. The van der Waals surface area contributed by atoms with Crippen LogP contribution in [0.3, 0.4) is 0 Å². The fourth-order valence-electron chi connectivity index (χ4n) is 5.47. The van der Waals surface area contributed by atoms with Crippen molar-refractivity contribution in [3.8, 4) is 0 Å². The molecule has 1 aliphatic carbocycles. The van der Waals surface area contributed by atoms with Crippen molar-refractivity contribution in [3.63, 3.8) is 0 Å². The average Bonchev–Trinajstić information content (AvgIpc) is 2.97. The lowest BCUT2D eigenvalue weighted by Crippen LogP contribution is -2.98. The Morgan fingerprint density at radius 2 is 1.71 bits per heavy atom. The smallest absolute Gasteiger partial charge is 0.320 e. The number of aromatic nitrogens is 1. The summed E-state index contributed by atoms with van der Waals surface area (Å²) in [5.41, 5.74) is 0.160. The van der Waals surface area contributed by atoms with Gasteiger partial charge in [-0.05, 0) is 44.0 Å². The molecule has 0 aliphatic heterocycles. The molecular formula is C30H36N6O5. The molecule has 1 unspecified atom stereocenters. The number of nitrogens with one attached hydrogen (secondary N) is 4. The topological polar surface area (TPSA) is 154 Å². The second-order valence-corrected chi connectivity index (χ2v) is 10.8. The monoisotopic (exact) mass is 560 g/mol. The highest BCUT2D eigenvalue weighted by Gasteiger charge is 2.40. The number of nitrogens with zero attached hydrogens (tertiary/aromatic N) is 2. The number of benzene rings is 2. The van der Waals surface area contributed by atoms with E-state index in [0.29, 0.717) is 23.5 Å². The lowest BCUT2D eigenvalue weighted by Gasteiger charge is -2.38. The van der Waals surface area contributed by atoms with Gasteiger partial charge in [-0.2, -0.15) is 0 Å². The highest BCUT2D eigenvalue weighted by atomic mass is 16.6. The van der Waals surface area contributed by atoms with Crippen LogP contribution in [0.15, 0.2) is 72.9 Å². The summed E-state index contributed by atoms with van der Waals surface area (Å²) in [5.74, 6) is -0.460. The van der Waals surface area contributed by atoms with E-state index in [-0.39, 0.29) is 22.6 Å². The summed E-state index contributed by atoms with van der Waals surface area (Å²) in [6.45, 7) is 1.89. The Balaban J connectivity index is 1.58. The molecule has 2 atom stereocenters. The molecule has 0 bridgehead atoms. The zero-order chi connectivity index (χ0) is 29.5. The van der Waals surface area contributed by atoms with Crippen LogP contribution in [0.5, 0.6) is 0 Å². The minimum absolute atomic E-state index is 0.101. The Hall–Kier alpha value is -4.35. The number of nitro benzene ring substituents is 1. The third-order valence-corrected chi connectivity index (χ3v) is 7.78. The predicted octanol–water partition coefficient (Wildman–Crippen LogP) is 3.78. The molecule has 1 aromatic heterocycles. The lowest BCUT2D eigenvalue weighted by molar-refractivity contribution is -0.751. The molecule has 0 radical (unpaired) electrons. The van der Waals surface area contributed by atoms with Gasteiger partial charge < -0.3 is 26.2 Å². The van der Waals surface area contributed by atoms with Crippen LogP contribution in [0.4, 0.5) is 21.9 Å². The van der Waals surface area contributed by atoms with Gasteiger partial charge in [0.05, 0.1) is 12.0 Å². The number of anilines is 1. The fraction of sp³-hybridized carbons (Fsp3) is 0.367. The third kappa shape index (κ3) is 7.24. The van der Waals surface area contributed by atoms with E-state index in [9.17, 15) is 24.9 Å². The van der Waals surface area contributed by atoms with E-state index in [0.717, 1.165) is 37.8 Å². The molecule has 0 spiro atoms. The molecule has 4 rings (SSSR count). The maximum Gasteiger partial charge on any atom is 0.320 e. The number of para-hydroxylation sites is 1. The second-order valence-electron chi connectivity index (χ2n) is 10.8. The number of pyridine rings is 1. The van der Waals surface area contributed by atoms with Crippen LogP contribution in [0.1, 0.15) is 50.3 Å². The molecule has 1 fully saturated rings. The minimum Gasteiger partial charge on any atom is -0.629 e. The number of rotatable bonds is 10. The summed E-state index contributed by atoms with van der Waals surface area (Å²) in [6, 6.07) is 17.7. The van der Waals surface area contributed by atoms with Gasteiger partial charge in [0, 0.05) is 59.7 Å². The molecule has 4 N–H and O–H groups in total. The number of carbonyl (C=O) groups is 2. The van der Waals surface area contributed by atoms with Crippen molar-refractivity contribution in [3.05, 3.63) is 99.5 Å². The van der Waals surface area contributed by atoms with Gasteiger partial charge in [0.15, 0.2) is 0 Å². The first-order chi connectivity index (χ1) is 19.6. The van der Waals surface area contributed by atoms with Crippen molar-refractivity contribution in [2.75, 3.05) is 18.9 Å². The summed E-state index contributed by atoms with van der Waals surface area (Å²) in [6.07, 6.45) is 6.54. The van der Waals surface area contributed by atoms with E-state index >= 15 is 0 Å². The Morgan fingerprint density at radius 1 is 1.02 bits per heavy atom. The molecule has 41 heavy (non-hydrogen) atoms. The Bertz CT molecular complexity index is 1360. The average molecular weight is 561 g/mol. The standard InChI is InChI=1S/C30H36N6O5/c1-29(20-22-10-4-5-11-25(22)36(40)41,34-28(38)33-23-13-15-24(16-14-23)35(2)39)27(37)32-21-30(17-7-3-8-18-30)26-12-6-9-19-31-26/h4-6,9-16,19,35H,3,7-8,17-18,20-21H2,1-2H3,(H,32,37)(H2,33,34,38)/t29-/m0/s1. The lowest BCUT2D eigenvalue weighted by atomic mass is 9.71. The van der Waals surface area contributed by atoms with E-state index < -0.39 is 22.4 Å². The number of carbonyl (C=O) groups excluding carboxylic acids is 2. The maximum absolute atomic E-state index is 13.9. The summed E-state index contributed by atoms with van der Waals surface area (Å²) >= 11 is 0. The minimum atomic E-state index is -1.53. The van der Waals surface area contributed by atoms with Crippen LogP contribution in [0.2, 0.25) is 0 Å². The molecule has 216 valence electrons. The fourth-order valence-corrected chi connectivity index (χ4v) is 5.47. The van der Waals surface area contributed by atoms with E-state index in [4.69, 9.17) is 0 Å². The van der Waals surface area contributed by atoms with Crippen molar-refractivity contribution >= 4 is 29.0 Å². The van der Waals surface area contributed by atoms with Gasteiger partial charge in [0.25, 0.3) is 5.69 Å². The first-order valence-corrected chi connectivity index (χ1v) is 13.7. The van der Waals surface area contributed by atoms with E-state index in [2.05, 4.69) is 20.9 Å². The van der Waals surface area contributed by atoms with Crippen LogP contribution in [-0.4, -0.2) is 41.0 Å². The van der Waals surface area contributed by atoms with Gasteiger partial charge in [-0.25, -0.2) is 4.79 Å². The third-order valence-electron chi connectivity index (χ3n) is 7.78. The highest BCUT2D eigenvalue weighted by molar-refractivity contribution is 5.96. The van der Waals surface area contributed by atoms with Gasteiger partial charge in [-0.3, -0.25) is 19.9 Å². The molecule has 1 aliphatic rings. The van der Waals surface area contributed by atoms with Crippen LogP contribution >= 0.6 is 0 Å². The predicted molar refractivity (Wildman–Crippen MR) is 156 cm³/mol. The molecule has 3 aromatic rings. The highest BCUT2D eigenvalue weighted by Crippen LogP contribution is 2.38. The number of urea groups is 1. The molecule has 1 heterocycles. The van der Waals surface area contributed by atoms with Crippen molar-refractivity contribution < 1.29 is 19.6 Å². The van der Waals surface area contributed by atoms with Crippen molar-refractivity contribution in [2.45, 2.75) is 56.4 Å². The van der Waals surface area contributed by atoms with Crippen LogP contribution in [0, 0.1) is 15.3 Å². The van der Waals surface area contributed by atoms with Crippen molar-refractivity contribution in [1.82, 2.24) is 15.6 Å². The quantitative estimate of drug-likeness (QED) is 0.219. The van der Waals surface area contributed by atoms with Gasteiger partial charge in [0.1, 0.15) is 11.2 Å². The van der Waals surface area contributed by atoms with Gasteiger partial charge >= 0.3 is 6.03 Å². The van der Waals surface area contributed by atoms with Gasteiger partial charge in [-0.15, -0.1) is 0 Å². The van der Waals surface area contributed by atoms with Crippen LogP contribution in [-0.2, 0) is 16.6 Å². The number of hydrogen-bond donors (Lipinski definition) is 4. The summed E-state index contributed by atoms with van der Waals surface area (Å²) in [4.78, 5) is 42.9. The van der Waals surface area contributed by atoms with E-state index in [1.54, 1.807) is 55.6 Å². The molecule has 11 heteroatoms. The molecule has 2 aromatic carbocycles. The maximum atomic E-state index is 13.9. The SMILES string of the molecule is C[NH+]([O-])c1ccc(NC(=O)N[C@@](C)(Cc2ccccc2[N+](=O)[O-])C(=O)NCC2(c3ccccn3)CCCCC2)cc1. The molecule has 0 saturated heterocycles. The van der Waals surface area contributed by atoms with Crippen molar-refractivity contribution in [2.24, 2.45) is 0 Å². The first kappa shape index (κ1) is 29.6. The van der Waals surface area contributed by atoms with E-state index in [1.807, 2.05) is 18.2 Å². The zero-order valence-electron chi connectivity index (χ0n) is 23.3. The first-order valence-electron chi connectivity index (χ1n) is 13.7. The van der Waals surface area contributed by atoms with E-state index in [1.165, 1.54) is 13.1 Å². The van der Waals surface area contributed by atoms with Crippen molar-refractivity contribution in [1.29, 1.82) is 0 Å². The number of nitro groups is 1. The summed E-state index contributed by atoms with van der Waals surface area (Å²) in [5, 5.41) is 31.7. The molecule has 1 saturated carbocycles. The Morgan fingerprint density at radius 3 is 2.34 bits per heavy atom. The zero-order valence-corrected chi connectivity index (χ0v) is 23.3. The van der Waals surface area contributed by atoms with Gasteiger partial charge in [0.2, 0.25) is 5.91 Å². The second kappa shape index (κ2) is 12.9. The Kier molecular flexibility index (Phi) is 9.31. The normalized spacial score (nSPS) is 16.6. The van der Waals surface area contributed by atoms with Crippen LogP contribution < -0.4 is 21.0 Å². The Labute approximate surface area is 239 Å². The molecule has 3 amide bonds. The number of hydrogen-bond acceptors (Lipinski definition) is 6. The largest absolute Gasteiger partial charge is 0.629 e. The molecule has 11 nitrogen and oxygen atoms in total. The summed E-state index contributed by atoms with van der Waals surface area (Å²) < 4.78 is 0. The van der Waals surface area contributed by atoms with Crippen LogP contribution in [0.25, 0.3) is 0 Å². The van der Waals surface area contributed by atoms with Gasteiger partial charge in [-0.1, -0.05) is 43.5 Å². The molecular weight excluding hydrogens is 524 g/mol.